The van der Waals surface area contributed by atoms with Crippen LogP contribution < -0.4 is 9.47 Å². The summed E-state index contributed by atoms with van der Waals surface area (Å²) in [5.74, 6) is 1.79. The standard InChI is InChI=1S/C20H27O4P/c1-14-5-7-19(23-12-21-3)16(9-14)18(11-25)17-10-15(2)6-8-20(17)24-13-22-4/h5-10,18H,11-13,25H2,1-4H3. The Balaban J connectivity index is 2.49. The average molecular weight is 362 g/mol. The molecule has 0 aliphatic heterocycles. The van der Waals surface area contributed by atoms with Crippen LogP contribution in [0.5, 0.6) is 11.5 Å². The van der Waals surface area contributed by atoms with Gasteiger partial charge in [0.05, 0.1) is 0 Å². The zero-order valence-electron chi connectivity index (χ0n) is 15.4. The normalized spacial score (nSPS) is 11.0. The summed E-state index contributed by atoms with van der Waals surface area (Å²) in [6.07, 6.45) is 0.847. The molecular weight excluding hydrogens is 335 g/mol. The molecule has 1 unspecified atom stereocenters. The largest absolute Gasteiger partial charge is 0.467 e. The molecule has 0 bridgehead atoms. The summed E-state index contributed by atoms with van der Waals surface area (Å²) >= 11 is 0. The number of hydrogen-bond donors (Lipinski definition) is 0. The van der Waals surface area contributed by atoms with E-state index in [0.29, 0.717) is 0 Å². The molecule has 0 fully saturated rings. The topological polar surface area (TPSA) is 36.9 Å². The fraction of sp³-hybridized carbons (Fsp3) is 0.400. The zero-order valence-corrected chi connectivity index (χ0v) is 16.5. The molecule has 0 aliphatic rings. The highest BCUT2D eigenvalue weighted by atomic mass is 31.0. The Bertz CT molecular complexity index is 630. The third-order valence-corrected chi connectivity index (χ3v) is 4.45. The molecule has 0 saturated carbocycles. The first-order valence-corrected chi connectivity index (χ1v) is 9.07. The summed E-state index contributed by atoms with van der Waals surface area (Å²) in [4.78, 5) is 0. The maximum Gasteiger partial charge on any atom is 0.188 e. The fourth-order valence-corrected chi connectivity index (χ4v) is 3.32. The second kappa shape index (κ2) is 9.76. The molecule has 0 heterocycles. The molecule has 1 atom stereocenters. The smallest absolute Gasteiger partial charge is 0.188 e. The van der Waals surface area contributed by atoms with Gasteiger partial charge in [0.1, 0.15) is 11.5 Å². The molecule has 136 valence electrons. The molecule has 0 N–H and O–H groups in total. The van der Waals surface area contributed by atoms with Crippen molar-refractivity contribution in [3.05, 3.63) is 58.7 Å². The number of hydrogen-bond acceptors (Lipinski definition) is 4. The van der Waals surface area contributed by atoms with Crippen molar-refractivity contribution < 1.29 is 18.9 Å². The lowest BCUT2D eigenvalue weighted by atomic mass is 9.89. The fourth-order valence-electron chi connectivity index (χ4n) is 2.81. The van der Waals surface area contributed by atoms with E-state index >= 15 is 0 Å². The molecule has 5 heteroatoms. The minimum Gasteiger partial charge on any atom is -0.467 e. The minimum atomic E-state index is 0.128. The first-order chi connectivity index (χ1) is 12.1. The van der Waals surface area contributed by atoms with Crippen LogP contribution in [-0.4, -0.2) is 34.0 Å². The van der Waals surface area contributed by atoms with Crippen LogP contribution in [0.15, 0.2) is 36.4 Å². The van der Waals surface area contributed by atoms with Gasteiger partial charge in [0, 0.05) is 31.3 Å². The van der Waals surface area contributed by atoms with Gasteiger partial charge < -0.3 is 18.9 Å². The van der Waals surface area contributed by atoms with Gasteiger partial charge in [0.2, 0.25) is 0 Å². The highest BCUT2D eigenvalue weighted by molar-refractivity contribution is 7.16. The first-order valence-electron chi connectivity index (χ1n) is 8.25. The maximum atomic E-state index is 5.80. The van der Waals surface area contributed by atoms with Crippen molar-refractivity contribution >= 4 is 9.24 Å². The highest BCUT2D eigenvalue weighted by Crippen LogP contribution is 2.38. The molecule has 2 aromatic rings. The molecule has 0 spiro atoms. The van der Waals surface area contributed by atoms with Gasteiger partial charge in [0.25, 0.3) is 0 Å². The summed E-state index contributed by atoms with van der Waals surface area (Å²) in [5.41, 5.74) is 4.63. The van der Waals surface area contributed by atoms with Gasteiger partial charge in [-0.15, -0.1) is 9.24 Å². The predicted octanol–water partition coefficient (Wildman–Crippen LogP) is 4.28. The molecule has 0 aromatic heterocycles. The Morgan fingerprint density at radius 3 is 1.60 bits per heavy atom. The Morgan fingerprint density at radius 2 is 1.24 bits per heavy atom. The van der Waals surface area contributed by atoms with Crippen LogP contribution in [0.3, 0.4) is 0 Å². The van der Waals surface area contributed by atoms with Gasteiger partial charge in [-0.2, -0.15) is 0 Å². The maximum absolute atomic E-state index is 5.80. The third-order valence-electron chi connectivity index (χ3n) is 3.98. The number of rotatable bonds is 9. The summed E-state index contributed by atoms with van der Waals surface area (Å²) in [6, 6.07) is 12.4. The van der Waals surface area contributed by atoms with Crippen molar-refractivity contribution in [3.63, 3.8) is 0 Å². The summed E-state index contributed by atoms with van der Waals surface area (Å²) in [6.45, 7) is 4.62. The van der Waals surface area contributed by atoms with Crippen LogP contribution in [0.4, 0.5) is 0 Å². The molecule has 4 nitrogen and oxygen atoms in total. The lowest BCUT2D eigenvalue weighted by molar-refractivity contribution is 0.0494. The van der Waals surface area contributed by atoms with Crippen molar-refractivity contribution in [2.75, 3.05) is 34.0 Å². The Hall–Kier alpha value is -1.61. The minimum absolute atomic E-state index is 0.128. The number of benzene rings is 2. The van der Waals surface area contributed by atoms with E-state index in [1.54, 1.807) is 14.2 Å². The molecule has 25 heavy (non-hydrogen) atoms. The van der Waals surface area contributed by atoms with Crippen LogP contribution in [0, 0.1) is 13.8 Å². The van der Waals surface area contributed by atoms with Crippen LogP contribution in [0.25, 0.3) is 0 Å². The van der Waals surface area contributed by atoms with E-state index in [-0.39, 0.29) is 19.5 Å². The van der Waals surface area contributed by atoms with E-state index in [9.17, 15) is 0 Å². The van der Waals surface area contributed by atoms with E-state index in [1.807, 2.05) is 24.3 Å². The molecule has 0 saturated heterocycles. The molecule has 0 aliphatic carbocycles. The Morgan fingerprint density at radius 1 is 0.800 bits per heavy atom. The quantitative estimate of drug-likeness (QED) is 0.493. The Kier molecular flexibility index (Phi) is 7.70. The van der Waals surface area contributed by atoms with Gasteiger partial charge in [0.15, 0.2) is 13.6 Å². The Labute approximate surface area is 152 Å². The summed E-state index contributed by atoms with van der Waals surface area (Å²) < 4.78 is 21.8. The van der Waals surface area contributed by atoms with E-state index in [2.05, 4.69) is 35.2 Å². The first kappa shape index (κ1) is 19.7. The second-order valence-corrected chi connectivity index (χ2v) is 6.44. The van der Waals surface area contributed by atoms with Crippen molar-refractivity contribution in [1.82, 2.24) is 0 Å². The SMILES string of the molecule is COCOc1ccc(C)cc1C(CP)c1cc(C)ccc1OCOC. The lowest BCUT2D eigenvalue weighted by Gasteiger charge is -2.23. The zero-order chi connectivity index (χ0) is 18.2. The van der Waals surface area contributed by atoms with Gasteiger partial charge in [-0.3, -0.25) is 0 Å². The van der Waals surface area contributed by atoms with E-state index in [4.69, 9.17) is 18.9 Å². The monoisotopic (exact) mass is 362 g/mol. The second-order valence-electron chi connectivity index (χ2n) is 5.97. The van der Waals surface area contributed by atoms with Crippen LogP contribution in [-0.2, 0) is 9.47 Å². The lowest BCUT2D eigenvalue weighted by Crippen LogP contribution is -2.11. The van der Waals surface area contributed by atoms with E-state index < -0.39 is 0 Å². The van der Waals surface area contributed by atoms with Gasteiger partial charge in [-0.05, 0) is 32.1 Å². The van der Waals surface area contributed by atoms with Crippen molar-refractivity contribution in [2.45, 2.75) is 19.8 Å². The molecule has 0 radical (unpaired) electrons. The van der Waals surface area contributed by atoms with Crippen molar-refractivity contribution in [1.29, 1.82) is 0 Å². The summed E-state index contributed by atoms with van der Waals surface area (Å²) in [7, 11) is 6.09. The van der Waals surface area contributed by atoms with Gasteiger partial charge in [-0.25, -0.2) is 0 Å². The number of methoxy groups -OCH3 is 2. The van der Waals surface area contributed by atoms with Crippen LogP contribution in [0.1, 0.15) is 28.2 Å². The highest BCUT2D eigenvalue weighted by Gasteiger charge is 2.21. The molecular formula is C20H27O4P. The molecule has 2 aromatic carbocycles. The van der Waals surface area contributed by atoms with Crippen LogP contribution in [0.2, 0.25) is 0 Å². The van der Waals surface area contributed by atoms with Gasteiger partial charge >= 0.3 is 0 Å². The van der Waals surface area contributed by atoms with Crippen molar-refractivity contribution in [3.8, 4) is 11.5 Å². The molecule has 0 amide bonds. The van der Waals surface area contributed by atoms with Crippen LogP contribution >= 0.6 is 9.24 Å². The van der Waals surface area contributed by atoms with Crippen molar-refractivity contribution in [2.24, 2.45) is 0 Å². The predicted molar refractivity (Wildman–Crippen MR) is 104 cm³/mol. The van der Waals surface area contributed by atoms with E-state index in [0.717, 1.165) is 28.8 Å². The molecule has 2 rings (SSSR count). The third kappa shape index (κ3) is 5.18. The summed E-state index contributed by atoms with van der Waals surface area (Å²) in [5, 5.41) is 0. The number of ether oxygens (including phenoxy) is 4. The van der Waals surface area contributed by atoms with E-state index in [1.165, 1.54) is 11.1 Å². The number of aryl methyl sites for hydroxylation is 2. The van der Waals surface area contributed by atoms with Gasteiger partial charge in [-0.1, -0.05) is 35.4 Å². The average Bonchev–Trinajstić information content (AvgIpc) is 2.61.